The normalized spacial score (nSPS) is 16.4. The van der Waals surface area contributed by atoms with E-state index in [0.717, 1.165) is 0 Å². The SMILES string of the molecule is CC(C)(C)[Si](OCC1Cn2c(cc3ncc(F)cc32)C(=O)N1)(c1ccccc1)c1ccccc1. The molecule has 174 valence electrons. The van der Waals surface area contributed by atoms with E-state index in [4.69, 9.17) is 4.43 Å². The molecular weight excluding hydrogens is 445 g/mol. The molecule has 5 rings (SSSR count). The van der Waals surface area contributed by atoms with Crippen LogP contribution in [0.2, 0.25) is 5.04 Å². The molecule has 0 bridgehead atoms. The van der Waals surface area contributed by atoms with E-state index in [1.807, 2.05) is 16.7 Å². The highest BCUT2D eigenvalue weighted by molar-refractivity contribution is 6.99. The number of fused-ring (bicyclic) bond motifs is 3. The molecule has 5 nitrogen and oxygen atoms in total. The molecular formula is C27H28FN3O2Si. The highest BCUT2D eigenvalue weighted by Gasteiger charge is 2.50. The maximum Gasteiger partial charge on any atom is 0.268 e. The Morgan fingerprint density at radius 1 is 1.06 bits per heavy atom. The van der Waals surface area contributed by atoms with Gasteiger partial charge in [-0.3, -0.25) is 9.78 Å². The van der Waals surface area contributed by atoms with Gasteiger partial charge in [-0.2, -0.15) is 0 Å². The van der Waals surface area contributed by atoms with Crippen LogP contribution in [-0.4, -0.2) is 36.4 Å². The van der Waals surface area contributed by atoms with Gasteiger partial charge in [-0.15, -0.1) is 0 Å². The molecule has 7 heteroatoms. The minimum atomic E-state index is -2.73. The van der Waals surface area contributed by atoms with Crippen LogP contribution in [0.5, 0.6) is 0 Å². The summed E-state index contributed by atoms with van der Waals surface area (Å²) in [6.45, 7) is 7.52. The number of halogens is 1. The Kier molecular flexibility index (Phi) is 5.62. The summed E-state index contributed by atoms with van der Waals surface area (Å²) >= 11 is 0. The number of carbonyl (C=O) groups excluding carboxylic acids is 1. The van der Waals surface area contributed by atoms with Crippen molar-refractivity contribution in [2.45, 2.75) is 38.4 Å². The van der Waals surface area contributed by atoms with Crippen molar-refractivity contribution in [3.63, 3.8) is 0 Å². The number of nitrogens with one attached hydrogen (secondary N) is 1. The smallest absolute Gasteiger partial charge is 0.268 e. The molecule has 0 fully saturated rings. The van der Waals surface area contributed by atoms with Gasteiger partial charge in [-0.1, -0.05) is 81.4 Å². The molecule has 1 N–H and O–H groups in total. The van der Waals surface area contributed by atoms with Crippen LogP contribution in [0.25, 0.3) is 11.0 Å². The monoisotopic (exact) mass is 473 g/mol. The number of rotatable bonds is 5. The first-order valence-corrected chi connectivity index (χ1v) is 13.4. The average molecular weight is 474 g/mol. The first kappa shape index (κ1) is 22.5. The molecule has 1 amide bonds. The zero-order chi connectivity index (χ0) is 23.9. The van der Waals surface area contributed by atoms with Crippen LogP contribution in [0.15, 0.2) is 79.0 Å². The van der Waals surface area contributed by atoms with Crippen molar-refractivity contribution in [3.05, 3.63) is 90.5 Å². The number of amides is 1. The molecule has 34 heavy (non-hydrogen) atoms. The second kappa shape index (κ2) is 8.49. The van der Waals surface area contributed by atoms with E-state index in [9.17, 15) is 9.18 Å². The molecule has 1 unspecified atom stereocenters. The fraction of sp³-hybridized carbons (Fsp3) is 0.259. The minimum Gasteiger partial charge on any atom is -0.405 e. The summed E-state index contributed by atoms with van der Waals surface area (Å²) in [7, 11) is -2.73. The van der Waals surface area contributed by atoms with Gasteiger partial charge in [0.15, 0.2) is 0 Å². The van der Waals surface area contributed by atoms with Crippen LogP contribution in [0, 0.1) is 5.82 Å². The molecule has 0 saturated heterocycles. The van der Waals surface area contributed by atoms with Gasteiger partial charge in [0.25, 0.3) is 14.2 Å². The van der Waals surface area contributed by atoms with Crippen molar-refractivity contribution < 1.29 is 13.6 Å². The molecule has 0 saturated carbocycles. The highest BCUT2D eigenvalue weighted by atomic mass is 28.4. The third-order valence-electron chi connectivity index (χ3n) is 6.61. The number of pyridine rings is 1. The Morgan fingerprint density at radius 2 is 1.68 bits per heavy atom. The summed E-state index contributed by atoms with van der Waals surface area (Å²) in [4.78, 5) is 17.1. The van der Waals surface area contributed by atoms with Crippen molar-refractivity contribution in [1.29, 1.82) is 0 Å². The van der Waals surface area contributed by atoms with Crippen LogP contribution in [0.3, 0.4) is 0 Å². The lowest BCUT2D eigenvalue weighted by molar-refractivity contribution is 0.0876. The topological polar surface area (TPSA) is 56.2 Å². The lowest BCUT2D eigenvalue weighted by Gasteiger charge is -2.44. The van der Waals surface area contributed by atoms with Crippen LogP contribution >= 0.6 is 0 Å². The minimum absolute atomic E-state index is 0.160. The molecule has 2 aromatic heterocycles. The van der Waals surface area contributed by atoms with Crippen molar-refractivity contribution in [2.24, 2.45) is 0 Å². The fourth-order valence-corrected chi connectivity index (χ4v) is 9.70. The molecule has 0 aliphatic carbocycles. The zero-order valence-electron chi connectivity index (χ0n) is 19.6. The molecule has 3 heterocycles. The first-order chi connectivity index (χ1) is 16.3. The predicted octanol–water partition coefficient (Wildman–Crippen LogP) is 3.86. The Labute approximate surface area is 199 Å². The zero-order valence-corrected chi connectivity index (χ0v) is 20.6. The van der Waals surface area contributed by atoms with E-state index < -0.39 is 14.1 Å². The molecule has 1 aliphatic rings. The quantitative estimate of drug-likeness (QED) is 0.448. The van der Waals surface area contributed by atoms with E-state index in [0.29, 0.717) is 29.9 Å². The van der Waals surface area contributed by atoms with E-state index in [-0.39, 0.29) is 17.0 Å². The molecule has 2 aromatic carbocycles. The van der Waals surface area contributed by atoms with Crippen LogP contribution in [0.1, 0.15) is 31.3 Å². The maximum atomic E-state index is 13.9. The van der Waals surface area contributed by atoms with E-state index in [2.05, 4.69) is 79.6 Å². The number of hydrogen-bond donors (Lipinski definition) is 1. The summed E-state index contributed by atoms with van der Waals surface area (Å²) in [5.74, 6) is -0.611. The summed E-state index contributed by atoms with van der Waals surface area (Å²) in [6, 6.07) is 23.7. The Bertz CT molecular complexity index is 1290. The summed E-state index contributed by atoms with van der Waals surface area (Å²) in [5, 5.41) is 5.31. The van der Waals surface area contributed by atoms with Gasteiger partial charge < -0.3 is 14.3 Å². The van der Waals surface area contributed by atoms with E-state index in [1.54, 1.807) is 6.07 Å². The van der Waals surface area contributed by atoms with Gasteiger partial charge >= 0.3 is 0 Å². The van der Waals surface area contributed by atoms with Crippen molar-refractivity contribution in [3.8, 4) is 0 Å². The van der Waals surface area contributed by atoms with Crippen LogP contribution in [0.4, 0.5) is 4.39 Å². The molecule has 0 spiro atoms. The van der Waals surface area contributed by atoms with Crippen molar-refractivity contribution in [2.75, 3.05) is 6.61 Å². The highest BCUT2D eigenvalue weighted by Crippen LogP contribution is 2.37. The fourth-order valence-electron chi connectivity index (χ4n) is 5.10. The van der Waals surface area contributed by atoms with E-state index >= 15 is 0 Å². The van der Waals surface area contributed by atoms with E-state index in [1.165, 1.54) is 22.6 Å². The average Bonchev–Trinajstić information content (AvgIpc) is 3.18. The second-order valence-electron chi connectivity index (χ2n) is 9.84. The van der Waals surface area contributed by atoms with Crippen molar-refractivity contribution >= 4 is 35.6 Å². The van der Waals surface area contributed by atoms with Gasteiger partial charge in [-0.05, 0) is 21.5 Å². The van der Waals surface area contributed by atoms with Crippen LogP contribution in [-0.2, 0) is 11.0 Å². The van der Waals surface area contributed by atoms with Gasteiger partial charge in [0, 0.05) is 12.6 Å². The third kappa shape index (κ3) is 3.75. The first-order valence-electron chi connectivity index (χ1n) is 11.5. The Balaban J connectivity index is 1.52. The number of aromatic nitrogens is 2. The maximum absolute atomic E-state index is 13.9. The molecule has 4 aromatic rings. The summed E-state index contributed by atoms with van der Waals surface area (Å²) in [5.41, 5.74) is 1.73. The molecule has 1 aliphatic heterocycles. The Morgan fingerprint density at radius 3 is 2.26 bits per heavy atom. The largest absolute Gasteiger partial charge is 0.405 e. The summed E-state index contributed by atoms with van der Waals surface area (Å²) in [6.07, 6.45) is 1.18. The van der Waals surface area contributed by atoms with Crippen LogP contribution < -0.4 is 15.7 Å². The number of benzene rings is 2. The second-order valence-corrected chi connectivity index (χ2v) is 14.1. The van der Waals surface area contributed by atoms with Gasteiger partial charge in [0.05, 0.1) is 29.9 Å². The molecule has 1 atom stereocenters. The molecule has 0 radical (unpaired) electrons. The van der Waals surface area contributed by atoms with Gasteiger partial charge in [0.2, 0.25) is 0 Å². The lowest BCUT2D eigenvalue weighted by Crippen LogP contribution is -2.67. The predicted molar refractivity (Wildman–Crippen MR) is 135 cm³/mol. The number of hydrogen-bond acceptors (Lipinski definition) is 3. The lowest BCUT2D eigenvalue weighted by atomic mass is 10.2. The number of nitrogens with zero attached hydrogens (tertiary/aromatic N) is 2. The van der Waals surface area contributed by atoms with Crippen molar-refractivity contribution in [1.82, 2.24) is 14.9 Å². The van der Waals surface area contributed by atoms with Gasteiger partial charge in [0.1, 0.15) is 11.5 Å². The number of carbonyl (C=O) groups is 1. The summed E-state index contributed by atoms with van der Waals surface area (Å²) < 4.78 is 22.7. The standard InChI is InChI=1S/C27H28FN3O2Si/c1-27(2,3)34(21-10-6-4-7-11-21,22-12-8-5-9-13-22)33-18-20-17-31-24-14-19(28)16-29-23(24)15-25(31)26(32)30-20/h4-16,20H,17-18H2,1-3H3,(H,30,32). The third-order valence-corrected chi connectivity index (χ3v) is 11.6. The Hall–Kier alpha value is -3.29. The van der Waals surface area contributed by atoms with Gasteiger partial charge in [-0.25, -0.2) is 4.39 Å².